The van der Waals surface area contributed by atoms with E-state index in [0.717, 1.165) is 22.3 Å². The molecule has 0 spiro atoms. The summed E-state index contributed by atoms with van der Waals surface area (Å²) in [6.45, 7) is 0.649. The molecule has 4 aliphatic rings. The summed E-state index contributed by atoms with van der Waals surface area (Å²) in [5, 5.41) is 6.41. The molecule has 3 aliphatic heterocycles. The predicted molar refractivity (Wildman–Crippen MR) is 120 cm³/mol. The fourth-order valence-electron chi connectivity index (χ4n) is 4.85. The van der Waals surface area contributed by atoms with Gasteiger partial charge in [0, 0.05) is 0 Å². The Morgan fingerprint density at radius 3 is 1.31 bits per heavy atom. The zero-order chi connectivity index (χ0) is 21.7. The Morgan fingerprint density at radius 1 is 0.531 bits per heavy atom. The molecule has 1 saturated heterocycles. The van der Waals surface area contributed by atoms with Crippen LogP contribution in [0, 0.1) is 0 Å². The van der Waals surface area contributed by atoms with Crippen molar-refractivity contribution in [2.75, 3.05) is 0 Å². The molecule has 3 heterocycles. The number of hydrogen-bond donors (Lipinski definition) is 0. The first-order valence-corrected chi connectivity index (χ1v) is 10.8. The van der Waals surface area contributed by atoms with E-state index in [2.05, 4.69) is 0 Å². The van der Waals surface area contributed by atoms with Gasteiger partial charge in [0.05, 0.1) is 25.2 Å². The molecule has 0 saturated carbocycles. The third-order valence-corrected chi connectivity index (χ3v) is 6.34. The van der Waals surface area contributed by atoms with E-state index in [0.29, 0.717) is 13.1 Å². The number of hydrazine groups is 2. The molecule has 3 aromatic carbocycles. The second-order valence-corrected chi connectivity index (χ2v) is 8.24. The monoisotopic (exact) mass is 422 g/mol. The molecule has 0 radical (unpaired) electrons. The fourth-order valence-corrected chi connectivity index (χ4v) is 4.85. The van der Waals surface area contributed by atoms with Gasteiger partial charge in [-0.2, -0.15) is 0 Å². The van der Waals surface area contributed by atoms with E-state index in [-0.39, 0.29) is 24.1 Å². The Labute approximate surface area is 186 Å². The average molecular weight is 422 g/mol. The zero-order valence-electron chi connectivity index (χ0n) is 17.4. The van der Waals surface area contributed by atoms with Crippen LogP contribution in [0.25, 0.3) is 0 Å². The van der Waals surface area contributed by atoms with Crippen molar-refractivity contribution in [3.63, 3.8) is 0 Å². The SMILES string of the molecule is O=C1N(Cc2ccccc2)N(Cc2ccccc2)C(=O)N2C3C=CC(c4ccccc43)N12. The van der Waals surface area contributed by atoms with E-state index in [9.17, 15) is 9.59 Å². The van der Waals surface area contributed by atoms with Crippen LogP contribution >= 0.6 is 0 Å². The van der Waals surface area contributed by atoms with Gasteiger partial charge in [0.25, 0.3) is 0 Å². The third kappa shape index (κ3) is 2.80. The van der Waals surface area contributed by atoms with Crippen LogP contribution in [0.3, 0.4) is 0 Å². The van der Waals surface area contributed by atoms with Gasteiger partial charge >= 0.3 is 12.1 Å². The van der Waals surface area contributed by atoms with Crippen LogP contribution in [0.2, 0.25) is 0 Å². The second-order valence-electron chi connectivity index (χ2n) is 8.24. The van der Waals surface area contributed by atoms with Crippen LogP contribution in [-0.4, -0.2) is 32.1 Å². The van der Waals surface area contributed by atoms with E-state index < -0.39 is 0 Å². The smallest absolute Gasteiger partial charge is 0.244 e. The molecule has 2 unspecified atom stereocenters. The second kappa shape index (κ2) is 7.27. The normalized spacial score (nSPS) is 21.1. The van der Waals surface area contributed by atoms with Gasteiger partial charge in [0.2, 0.25) is 0 Å². The summed E-state index contributed by atoms with van der Waals surface area (Å²) in [5.74, 6) is 0. The van der Waals surface area contributed by atoms with E-state index in [1.165, 1.54) is 0 Å². The van der Waals surface area contributed by atoms with Gasteiger partial charge in [-0.05, 0) is 22.3 Å². The zero-order valence-corrected chi connectivity index (χ0v) is 17.4. The minimum atomic E-state index is -0.287. The molecular weight excluding hydrogens is 400 g/mol. The first-order valence-electron chi connectivity index (χ1n) is 10.8. The van der Waals surface area contributed by atoms with Gasteiger partial charge in [0.15, 0.2) is 0 Å². The van der Waals surface area contributed by atoms with Crippen LogP contribution < -0.4 is 0 Å². The molecule has 158 valence electrons. The van der Waals surface area contributed by atoms with Crippen LogP contribution in [0.5, 0.6) is 0 Å². The van der Waals surface area contributed by atoms with E-state index in [4.69, 9.17) is 0 Å². The van der Waals surface area contributed by atoms with E-state index in [1.807, 2.05) is 97.1 Å². The summed E-state index contributed by atoms with van der Waals surface area (Å²) >= 11 is 0. The number of benzene rings is 3. The standard InChI is InChI=1S/C26H22N4O2/c31-25-27(17-19-9-3-1-4-10-19)28(18-20-11-5-2-6-12-20)26(32)30-24-16-15-23(29(25)30)21-13-7-8-14-22(21)24/h1-16,23-24H,17-18H2. The average Bonchev–Trinajstić information content (AvgIpc) is 2.86. The molecule has 1 fully saturated rings. The van der Waals surface area contributed by atoms with Crippen molar-refractivity contribution in [2.45, 2.75) is 25.2 Å². The first-order chi connectivity index (χ1) is 15.7. The lowest BCUT2D eigenvalue weighted by Gasteiger charge is -2.57. The summed E-state index contributed by atoms with van der Waals surface area (Å²) in [6, 6.07) is 26.7. The molecule has 6 nitrogen and oxygen atoms in total. The van der Waals surface area contributed by atoms with Gasteiger partial charge < -0.3 is 0 Å². The number of urea groups is 2. The number of carbonyl (C=O) groups is 2. The largest absolute Gasteiger partial charge is 0.359 e. The molecule has 7 rings (SSSR count). The minimum absolute atomic E-state index is 0.196. The summed E-state index contributed by atoms with van der Waals surface area (Å²) < 4.78 is 0. The van der Waals surface area contributed by atoms with Crippen molar-refractivity contribution in [3.05, 3.63) is 119 Å². The van der Waals surface area contributed by atoms with Crippen LogP contribution in [0.1, 0.15) is 34.3 Å². The number of carbonyl (C=O) groups excluding carboxylic acids is 2. The molecule has 32 heavy (non-hydrogen) atoms. The Balaban J connectivity index is 1.43. The molecule has 1 aliphatic carbocycles. The Kier molecular flexibility index (Phi) is 4.24. The Bertz CT molecular complexity index is 1120. The highest BCUT2D eigenvalue weighted by molar-refractivity contribution is 5.88. The highest BCUT2D eigenvalue weighted by Gasteiger charge is 2.53. The van der Waals surface area contributed by atoms with Gasteiger partial charge in [-0.3, -0.25) is 0 Å². The lowest BCUT2D eigenvalue weighted by Crippen LogP contribution is -2.70. The van der Waals surface area contributed by atoms with Crippen molar-refractivity contribution in [3.8, 4) is 0 Å². The molecule has 2 atom stereocenters. The third-order valence-electron chi connectivity index (χ3n) is 6.34. The molecule has 2 bridgehead atoms. The number of amides is 4. The van der Waals surface area contributed by atoms with Gasteiger partial charge in [-0.1, -0.05) is 97.1 Å². The quantitative estimate of drug-likeness (QED) is 0.553. The summed E-state index contributed by atoms with van der Waals surface area (Å²) in [4.78, 5) is 27.8. The van der Waals surface area contributed by atoms with E-state index >= 15 is 0 Å². The van der Waals surface area contributed by atoms with Gasteiger partial charge in [-0.15, -0.1) is 0 Å². The number of nitrogens with zero attached hydrogens (tertiary/aromatic N) is 4. The Morgan fingerprint density at radius 2 is 0.906 bits per heavy atom. The van der Waals surface area contributed by atoms with Gasteiger partial charge in [0.1, 0.15) is 0 Å². The fraction of sp³-hybridized carbons (Fsp3) is 0.154. The molecule has 6 heteroatoms. The lowest BCUT2D eigenvalue weighted by molar-refractivity contribution is -0.117. The molecule has 3 aromatic rings. The van der Waals surface area contributed by atoms with Crippen molar-refractivity contribution in [1.82, 2.24) is 20.0 Å². The van der Waals surface area contributed by atoms with Crippen LogP contribution in [0.15, 0.2) is 97.1 Å². The maximum atomic E-state index is 13.9. The molecule has 0 N–H and O–H groups in total. The predicted octanol–water partition coefficient (Wildman–Crippen LogP) is 5.04. The van der Waals surface area contributed by atoms with Crippen molar-refractivity contribution in [1.29, 1.82) is 0 Å². The molecule has 0 aromatic heterocycles. The van der Waals surface area contributed by atoms with Crippen LogP contribution in [0.4, 0.5) is 9.59 Å². The minimum Gasteiger partial charge on any atom is -0.244 e. The van der Waals surface area contributed by atoms with E-state index in [1.54, 1.807) is 20.0 Å². The molecular formula is C26H22N4O2. The molecule has 4 amide bonds. The summed E-state index contributed by atoms with van der Waals surface area (Å²) in [6.07, 6.45) is 4.06. The summed E-state index contributed by atoms with van der Waals surface area (Å²) in [7, 11) is 0. The van der Waals surface area contributed by atoms with Crippen molar-refractivity contribution in [2.24, 2.45) is 0 Å². The van der Waals surface area contributed by atoms with Gasteiger partial charge in [-0.25, -0.2) is 29.6 Å². The topological polar surface area (TPSA) is 47.1 Å². The highest BCUT2D eigenvalue weighted by Crippen LogP contribution is 2.47. The number of rotatable bonds is 4. The first kappa shape index (κ1) is 18.7. The number of hydrogen-bond acceptors (Lipinski definition) is 2. The lowest BCUT2D eigenvalue weighted by atomic mass is 9.86. The highest BCUT2D eigenvalue weighted by atomic mass is 16.2. The Hall–Kier alpha value is -4.06. The van der Waals surface area contributed by atoms with Crippen molar-refractivity contribution < 1.29 is 9.59 Å². The maximum Gasteiger partial charge on any atom is 0.359 e. The summed E-state index contributed by atoms with van der Waals surface area (Å²) in [5.41, 5.74) is 4.10. The maximum absolute atomic E-state index is 13.9. The van der Waals surface area contributed by atoms with Crippen molar-refractivity contribution >= 4 is 12.1 Å². The van der Waals surface area contributed by atoms with Crippen LogP contribution in [-0.2, 0) is 13.1 Å².